The van der Waals surface area contributed by atoms with Gasteiger partial charge in [-0.2, -0.15) is 0 Å². The maximum absolute atomic E-state index is 12.3. The molecule has 2 rings (SSSR count). The highest BCUT2D eigenvalue weighted by molar-refractivity contribution is 5.92. The third-order valence-electron chi connectivity index (χ3n) is 4.34. The van der Waals surface area contributed by atoms with E-state index in [4.69, 9.17) is 4.74 Å². The molecule has 1 amide bonds. The summed E-state index contributed by atoms with van der Waals surface area (Å²) in [6.07, 6.45) is 6.09. The van der Waals surface area contributed by atoms with Crippen molar-refractivity contribution in [2.45, 2.75) is 45.6 Å². The smallest absolute Gasteiger partial charge is 0.238 e. The van der Waals surface area contributed by atoms with Crippen LogP contribution >= 0.6 is 0 Å². The first-order valence-electron chi connectivity index (χ1n) is 9.92. The number of rotatable bonds is 12. The Bertz CT molecular complexity index is 673. The number of benzene rings is 2. The van der Waals surface area contributed by atoms with Crippen LogP contribution in [-0.2, 0) is 11.3 Å². The number of anilines is 1. The molecule has 0 aliphatic heterocycles. The number of unbranched alkanes of at least 4 members (excludes halogenated alkanes) is 4. The number of hydrogen-bond acceptors (Lipinski definition) is 3. The number of carbonyl (C=O) groups excluding carboxylic acids is 1. The average Bonchev–Trinajstić information content (AvgIpc) is 2.65. The molecule has 0 saturated heterocycles. The zero-order valence-electron chi connectivity index (χ0n) is 16.6. The summed E-state index contributed by atoms with van der Waals surface area (Å²) in [6, 6.07) is 17.8. The summed E-state index contributed by atoms with van der Waals surface area (Å²) in [4.78, 5) is 14.3. The van der Waals surface area contributed by atoms with Crippen LogP contribution in [0, 0.1) is 0 Å². The summed E-state index contributed by atoms with van der Waals surface area (Å²) in [5.74, 6) is 0.783. The normalized spacial score (nSPS) is 10.8. The minimum atomic E-state index is -0.0230. The van der Waals surface area contributed by atoms with Crippen LogP contribution in [0.4, 0.5) is 5.69 Å². The molecule has 0 aliphatic carbocycles. The topological polar surface area (TPSA) is 41.6 Å². The molecule has 4 nitrogen and oxygen atoms in total. The van der Waals surface area contributed by atoms with Crippen molar-refractivity contribution in [3.05, 3.63) is 60.2 Å². The van der Waals surface area contributed by atoms with Gasteiger partial charge in [-0.05, 0) is 31.2 Å². The Hall–Kier alpha value is -2.33. The number of likely N-dealkylation sites (N-methyl/N-ethyl adjacent to an activating group) is 1. The van der Waals surface area contributed by atoms with Gasteiger partial charge in [0.05, 0.1) is 13.2 Å². The van der Waals surface area contributed by atoms with Crippen LogP contribution in [0.1, 0.15) is 44.6 Å². The first kappa shape index (κ1) is 21.0. The number of hydrogen-bond donors (Lipinski definition) is 1. The van der Waals surface area contributed by atoms with Crippen molar-refractivity contribution >= 4 is 11.6 Å². The van der Waals surface area contributed by atoms with Crippen molar-refractivity contribution in [2.24, 2.45) is 0 Å². The molecule has 146 valence electrons. The highest BCUT2D eigenvalue weighted by Crippen LogP contribution is 2.18. The molecule has 27 heavy (non-hydrogen) atoms. The SMILES string of the molecule is CCCCCCCOc1cccc(NC(=O)CN(C)Cc2ccccc2)c1. The van der Waals surface area contributed by atoms with Crippen molar-refractivity contribution in [1.82, 2.24) is 4.90 Å². The van der Waals surface area contributed by atoms with E-state index >= 15 is 0 Å². The third-order valence-corrected chi connectivity index (χ3v) is 4.34. The molecular weight excluding hydrogens is 336 g/mol. The molecule has 0 aliphatic rings. The minimum absolute atomic E-state index is 0.0230. The number of carbonyl (C=O) groups is 1. The van der Waals surface area contributed by atoms with E-state index in [1.807, 2.05) is 54.4 Å². The van der Waals surface area contributed by atoms with Crippen LogP contribution in [0.5, 0.6) is 5.75 Å². The molecule has 1 N–H and O–H groups in total. The number of ether oxygens (including phenoxy) is 1. The van der Waals surface area contributed by atoms with Crippen molar-refractivity contribution < 1.29 is 9.53 Å². The van der Waals surface area contributed by atoms with Gasteiger partial charge in [-0.3, -0.25) is 9.69 Å². The Labute approximate surface area is 163 Å². The van der Waals surface area contributed by atoms with E-state index in [1.165, 1.54) is 31.2 Å². The Balaban J connectivity index is 1.73. The van der Waals surface area contributed by atoms with E-state index < -0.39 is 0 Å². The van der Waals surface area contributed by atoms with E-state index in [0.717, 1.165) is 31.0 Å². The summed E-state index contributed by atoms with van der Waals surface area (Å²) in [5.41, 5.74) is 1.97. The zero-order valence-corrected chi connectivity index (χ0v) is 16.6. The highest BCUT2D eigenvalue weighted by atomic mass is 16.5. The van der Waals surface area contributed by atoms with E-state index in [9.17, 15) is 4.79 Å². The Morgan fingerprint density at radius 1 is 1.00 bits per heavy atom. The summed E-state index contributed by atoms with van der Waals surface area (Å²) < 4.78 is 5.81. The third kappa shape index (κ3) is 8.74. The van der Waals surface area contributed by atoms with Gasteiger partial charge in [0.2, 0.25) is 5.91 Å². The minimum Gasteiger partial charge on any atom is -0.494 e. The molecule has 0 atom stereocenters. The lowest BCUT2D eigenvalue weighted by molar-refractivity contribution is -0.117. The molecule has 0 saturated carbocycles. The van der Waals surface area contributed by atoms with Gasteiger partial charge in [0, 0.05) is 18.3 Å². The first-order valence-corrected chi connectivity index (χ1v) is 9.92. The van der Waals surface area contributed by atoms with E-state index in [1.54, 1.807) is 0 Å². The fraction of sp³-hybridized carbons (Fsp3) is 0.435. The van der Waals surface area contributed by atoms with Crippen LogP contribution in [0.25, 0.3) is 0 Å². The van der Waals surface area contributed by atoms with Gasteiger partial charge in [0.15, 0.2) is 0 Å². The molecule has 0 aromatic heterocycles. The molecule has 2 aromatic rings. The molecule has 0 spiro atoms. The maximum atomic E-state index is 12.3. The largest absolute Gasteiger partial charge is 0.494 e. The van der Waals surface area contributed by atoms with Crippen molar-refractivity contribution in [3.8, 4) is 5.75 Å². The van der Waals surface area contributed by atoms with Crippen LogP contribution in [-0.4, -0.2) is 31.0 Å². The predicted octanol–water partition coefficient (Wildman–Crippen LogP) is 5.11. The lowest BCUT2D eigenvalue weighted by Crippen LogP contribution is -2.29. The first-order chi connectivity index (χ1) is 13.2. The fourth-order valence-corrected chi connectivity index (χ4v) is 2.96. The van der Waals surface area contributed by atoms with Crippen molar-refractivity contribution in [2.75, 3.05) is 25.5 Å². The van der Waals surface area contributed by atoms with E-state index in [-0.39, 0.29) is 5.91 Å². The lowest BCUT2D eigenvalue weighted by atomic mass is 10.2. The predicted molar refractivity (Wildman–Crippen MR) is 112 cm³/mol. The van der Waals surface area contributed by atoms with E-state index in [0.29, 0.717) is 6.54 Å². The molecule has 0 heterocycles. The van der Waals surface area contributed by atoms with Gasteiger partial charge in [-0.15, -0.1) is 0 Å². The Kier molecular flexibility index (Phi) is 9.42. The van der Waals surface area contributed by atoms with Gasteiger partial charge in [-0.25, -0.2) is 0 Å². The Morgan fingerprint density at radius 3 is 2.56 bits per heavy atom. The summed E-state index contributed by atoms with van der Waals surface area (Å²) in [7, 11) is 1.95. The molecule has 0 bridgehead atoms. The van der Waals surface area contributed by atoms with Gasteiger partial charge < -0.3 is 10.1 Å². The van der Waals surface area contributed by atoms with Gasteiger partial charge >= 0.3 is 0 Å². The number of nitrogens with zero attached hydrogens (tertiary/aromatic N) is 1. The lowest BCUT2D eigenvalue weighted by Gasteiger charge is -2.16. The van der Waals surface area contributed by atoms with Crippen LogP contribution < -0.4 is 10.1 Å². The number of nitrogens with one attached hydrogen (secondary N) is 1. The molecule has 2 aromatic carbocycles. The second-order valence-electron chi connectivity index (χ2n) is 7.00. The van der Waals surface area contributed by atoms with Crippen LogP contribution in [0.2, 0.25) is 0 Å². The number of amides is 1. The Morgan fingerprint density at radius 2 is 1.78 bits per heavy atom. The van der Waals surface area contributed by atoms with Gasteiger partial charge in [0.25, 0.3) is 0 Å². The van der Waals surface area contributed by atoms with Crippen molar-refractivity contribution in [1.29, 1.82) is 0 Å². The van der Waals surface area contributed by atoms with Gasteiger partial charge in [0.1, 0.15) is 5.75 Å². The highest BCUT2D eigenvalue weighted by Gasteiger charge is 2.08. The molecule has 4 heteroatoms. The summed E-state index contributed by atoms with van der Waals surface area (Å²) in [5, 5.41) is 2.96. The molecule has 0 fully saturated rings. The maximum Gasteiger partial charge on any atom is 0.238 e. The second-order valence-corrected chi connectivity index (χ2v) is 7.00. The quantitative estimate of drug-likeness (QED) is 0.530. The summed E-state index contributed by atoms with van der Waals surface area (Å²) in [6.45, 7) is 4.03. The van der Waals surface area contributed by atoms with Crippen molar-refractivity contribution in [3.63, 3.8) is 0 Å². The van der Waals surface area contributed by atoms with Crippen LogP contribution in [0.15, 0.2) is 54.6 Å². The second kappa shape index (κ2) is 12.1. The van der Waals surface area contributed by atoms with Crippen LogP contribution in [0.3, 0.4) is 0 Å². The standard InChI is InChI=1S/C23H32N2O2/c1-3-4-5-6-10-16-27-22-15-11-14-21(17-22)24-23(26)19-25(2)18-20-12-8-7-9-13-20/h7-9,11-15,17H,3-6,10,16,18-19H2,1-2H3,(H,24,26). The zero-order chi connectivity index (χ0) is 19.3. The van der Waals surface area contributed by atoms with Gasteiger partial charge in [-0.1, -0.05) is 69.0 Å². The molecule has 0 radical (unpaired) electrons. The molecular formula is C23H32N2O2. The fourth-order valence-electron chi connectivity index (χ4n) is 2.96. The monoisotopic (exact) mass is 368 g/mol. The molecule has 0 unspecified atom stereocenters. The average molecular weight is 369 g/mol. The summed E-state index contributed by atoms with van der Waals surface area (Å²) >= 11 is 0. The van der Waals surface area contributed by atoms with E-state index in [2.05, 4.69) is 24.4 Å².